The van der Waals surface area contributed by atoms with Crippen molar-refractivity contribution in [1.82, 2.24) is 0 Å². The molecule has 0 saturated carbocycles. The Labute approximate surface area is 70.8 Å². The molecule has 1 unspecified atom stereocenters. The Balaban J connectivity index is 1.97. The quantitative estimate of drug-likeness (QED) is 0.466. The van der Waals surface area contributed by atoms with Crippen LogP contribution in [0.3, 0.4) is 0 Å². The van der Waals surface area contributed by atoms with Crippen molar-refractivity contribution in [2.24, 2.45) is 5.73 Å². The lowest BCUT2D eigenvalue weighted by atomic mass is 10.4. The summed E-state index contributed by atoms with van der Waals surface area (Å²) in [5.74, 6) is 0. The van der Waals surface area contributed by atoms with Gasteiger partial charge in [0.2, 0.25) is 0 Å². The second-order valence-electron chi connectivity index (χ2n) is 2.52. The van der Waals surface area contributed by atoms with Gasteiger partial charge >= 0.3 is 6.16 Å². The van der Waals surface area contributed by atoms with Crippen LogP contribution in [-0.4, -0.2) is 38.6 Å². The normalized spacial score (nSPS) is 22.1. The lowest BCUT2D eigenvalue weighted by molar-refractivity contribution is 0.0456. The molecule has 0 aliphatic carbocycles. The molecule has 5 nitrogen and oxygen atoms in total. The number of hydrogen-bond donors (Lipinski definition) is 1. The van der Waals surface area contributed by atoms with Crippen molar-refractivity contribution in [3.05, 3.63) is 0 Å². The minimum Gasteiger partial charge on any atom is -0.430 e. The van der Waals surface area contributed by atoms with Crippen LogP contribution >= 0.6 is 0 Å². The van der Waals surface area contributed by atoms with E-state index < -0.39 is 6.16 Å². The minimum absolute atomic E-state index is 0.240. The molecular weight excluding hydrogens is 162 g/mol. The SMILES string of the molecule is NCCCOCC1COC(=O)O1. The van der Waals surface area contributed by atoms with Gasteiger partial charge in [-0.1, -0.05) is 0 Å². The van der Waals surface area contributed by atoms with Crippen molar-refractivity contribution in [1.29, 1.82) is 0 Å². The summed E-state index contributed by atoms with van der Waals surface area (Å²) in [7, 11) is 0. The molecule has 0 aromatic carbocycles. The zero-order valence-corrected chi connectivity index (χ0v) is 6.82. The average Bonchev–Trinajstić information content (AvgIpc) is 2.45. The van der Waals surface area contributed by atoms with Gasteiger partial charge in [0.25, 0.3) is 0 Å². The maximum absolute atomic E-state index is 10.4. The highest BCUT2D eigenvalue weighted by Gasteiger charge is 2.24. The third-order valence-electron chi connectivity index (χ3n) is 1.45. The van der Waals surface area contributed by atoms with Gasteiger partial charge in [-0.15, -0.1) is 0 Å². The molecule has 1 aliphatic rings. The van der Waals surface area contributed by atoms with Gasteiger partial charge in [-0.2, -0.15) is 0 Å². The topological polar surface area (TPSA) is 70.8 Å². The van der Waals surface area contributed by atoms with Crippen LogP contribution < -0.4 is 5.73 Å². The smallest absolute Gasteiger partial charge is 0.430 e. The number of ether oxygens (including phenoxy) is 3. The number of carbonyl (C=O) groups excluding carboxylic acids is 1. The van der Waals surface area contributed by atoms with E-state index in [2.05, 4.69) is 4.74 Å². The Morgan fingerprint density at radius 1 is 1.67 bits per heavy atom. The maximum atomic E-state index is 10.4. The highest BCUT2D eigenvalue weighted by Crippen LogP contribution is 2.05. The van der Waals surface area contributed by atoms with Crippen LogP contribution in [0.2, 0.25) is 0 Å². The molecule has 12 heavy (non-hydrogen) atoms. The van der Waals surface area contributed by atoms with Gasteiger partial charge in [-0.3, -0.25) is 0 Å². The first-order valence-corrected chi connectivity index (χ1v) is 3.94. The van der Waals surface area contributed by atoms with E-state index in [1.807, 2.05) is 0 Å². The summed E-state index contributed by atoms with van der Waals surface area (Å²) in [6, 6.07) is 0. The fourth-order valence-corrected chi connectivity index (χ4v) is 0.847. The molecule has 0 aromatic heterocycles. The molecule has 0 amide bonds. The Morgan fingerprint density at radius 2 is 2.50 bits per heavy atom. The summed E-state index contributed by atoms with van der Waals surface area (Å²) in [4.78, 5) is 10.4. The Hall–Kier alpha value is -0.810. The molecule has 1 heterocycles. The van der Waals surface area contributed by atoms with Crippen molar-refractivity contribution < 1.29 is 19.0 Å². The standard InChI is InChI=1S/C7H13NO4/c8-2-1-3-10-4-6-5-11-7(9)12-6/h6H,1-5,8H2. The zero-order valence-electron chi connectivity index (χ0n) is 6.82. The van der Waals surface area contributed by atoms with Gasteiger partial charge in [0.15, 0.2) is 6.10 Å². The number of nitrogens with two attached hydrogens (primary N) is 1. The number of rotatable bonds is 5. The molecule has 0 bridgehead atoms. The molecule has 0 aromatic rings. The highest BCUT2D eigenvalue weighted by molar-refractivity contribution is 5.61. The van der Waals surface area contributed by atoms with Crippen molar-refractivity contribution in [2.75, 3.05) is 26.4 Å². The van der Waals surface area contributed by atoms with Gasteiger partial charge in [0, 0.05) is 6.61 Å². The Kier molecular flexibility index (Phi) is 3.83. The van der Waals surface area contributed by atoms with E-state index in [0.717, 1.165) is 6.42 Å². The van der Waals surface area contributed by atoms with Crippen LogP contribution in [0.25, 0.3) is 0 Å². The van der Waals surface area contributed by atoms with E-state index in [-0.39, 0.29) is 6.10 Å². The van der Waals surface area contributed by atoms with Crippen LogP contribution in [-0.2, 0) is 14.2 Å². The Morgan fingerprint density at radius 3 is 3.08 bits per heavy atom. The number of carbonyl (C=O) groups is 1. The predicted octanol–water partition coefficient (Wildman–Crippen LogP) is -0.113. The molecule has 1 aliphatic heterocycles. The van der Waals surface area contributed by atoms with Gasteiger partial charge in [0.05, 0.1) is 6.61 Å². The summed E-state index contributed by atoms with van der Waals surface area (Å²) in [5, 5.41) is 0. The molecule has 0 spiro atoms. The maximum Gasteiger partial charge on any atom is 0.508 e. The summed E-state index contributed by atoms with van der Waals surface area (Å²) >= 11 is 0. The highest BCUT2D eigenvalue weighted by atomic mass is 16.8. The van der Waals surface area contributed by atoms with Crippen LogP contribution in [0.5, 0.6) is 0 Å². The average molecular weight is 175 g/mol. The first-order valence-electron chi connectivity index (χ1n) is 3.94. The fraction of sp³-hybridized carbons (Fsp3) is 0.857. The molecule has 1 rings (SSSR count). The van der Waals surface area contributed by atoms with E-state index in [9.17, 15) is 4.79 Å². The van der Waals surface area contributed by atoms with Crippen molar-refractivity contribution in [3.63, 3.8) is 0 Å². The van der Waals surface area contributed by atoms with E-state index >= 15 is 0 Å². The predicted molar refractivity (Wildman–Crippen MR) is 40.7 cm³/mol. The van der Waals surface area contributed by atoms with Crippen LogP contribution in [0.4, 0.5) is 4.79 Å². The summed E-state index contributed by atoms with van der Waals surface area (Å²) in [6.45, 7) is 1.90. The van der Waals surface area contributed by atoms with Crippen LogP contribution in [0, 0.1) is 0 Å². The van der Waals surface area contributed by atoms with Crippen molar-refractivity contribution in [3.8, 4) is 0 Å². The zero-order chi connectivity index (χ0) is 8.81. The van der Waals surface area contributed by atoms with Crippen molar-refractivity contribution >= 4 is 6.16 Å². The molecule has 1 saturated heterocycles. The molecule has 1 fully saturated rings. The number of cyclic esters (lactones) is 2. The summed E-state index contributed by atoms with van der Waals surface area (Å²) in [5.41, 5.74) is 5.25. The van der Waals surface area contributed by atoms with Gasteiger partial charge in [-0.25, -0.2) is 4.79 Å². The van der Waals surface area contributed by atoms with Crippen LogP contribution in [0.15, 0.2) is 0 Å². The van der Waals surface area contributed by atoms with E-state index in [1.165, 1.54) is 0 Å². The first kappa shape index (κ1) is 9.28. The second-order valence-corrected chi connectivity index (χ2v) is 2.52. The van der Waals surface area contributed by atoms with Gasteiger partial charge in [-0.05, 0) is 13.0 Å². The molecule has 70 valence electrons. The largest absolute Gasteiger partial charge is 0.508 e. The lowest BCUT2D eigenvalue weighted by Gasteiger charge is -2.06. The Bertz CT molecular complexity index is 150. The fourth-order valence-electron chi connectivity index (χ4n) is 0.847. The van der Waals surface area contributed by atoms with Crippen molar-refractivity contribution in [2.45, 2.75) is 12.5 Å². The monoisotopic (exact) mass is 175 g/mol. The van der Waals surface area contributed by atoms with E-state index in [0.29, 0.717) is 26.4 Å². The lowest BCUT2D eigenvalue weighted by Crippen LogP contribution is -2.19. The van der Waals surface area contributed by atoms with E-state index in [4.69, 9.17) is 15.2 Å². The molecule has 5 heteroatoms. The number of hydrogen-bond acceptors (Lipinski definition) is 5. The molecular formula is C7H13NO4. The first-order chi connectivity index (χ1) is 5.83. The van der Waals surface area contributed by atoms with Crippen LogP contribution in [0.1, 0.15) is 6.42 Å². The van der Waals surface area contributed by atoms with E-state index in [1.54, 1.807) is 0 Å². The van der Waals surface area contributed by atoms with Gasteiger partial charge < -0.3 is 19.9 Å². The molecule has 2 N–H and O–H groups in total. The minimum atomic E-state index is -0.609. The van der Waals surface area contributed by atoms with Gasteiger partial charge in [0.1, 0.15) is 6.61 Å². The molecule has 0 radical (unpaired) electrons. The third-order valence-corrected chi connectivity index (χ3v) is 1.45. The third kappa shape index (κ3) is 3.06. The second kappa shape index (κ2) is 4.95. The molecule has 1 atom stereocenters. The summed E-state index contributed by atoms with van der Waals surface area (Å²) in [6.07, 6.45) is -0.0284. The summed E-state index contributed by atoms with van der Waals surface area (Å²) < 4.78 is 14.4.